The summed E-state index contributed by atoms with van der Waals surface area (Å²) in [6.07, 6.45) is 4.68. The van der Waals surface area contributed by atoms with Gasteiger partial charge in [-0.1, -0.05) is 18.0 Å². The van der Waals surface area contributed by atoms with E-state index in [4.69, 9.17) is 16.3 Å². The molecule has 0 aromatic heterocycles. The Bertz CT molecular complexity index is 814. The molecule has 144 valence electrons. The molecule has 0 spiro atoms. The molecule has 1 heterocycles. The van der Waals surface area contributed by atoms with Crippen LogP contribution in [-0.2, 0) is 14.3 Å². The number of benzene rings is 1. The smallest absolute Gasteiger partial charge is 0.336 e. The third-order valence-corrected chi connectivity index (χ3v) is 5.42. The monoisotopic (exact) mass is 392 g/mol. The van der Waals surface area contributed by atoms with Gasteiger partial charge < -0.3 is 10.1 Å². The predicted molar refractivity (Wildman–Crippen MR) is 99.3 cm³/mol. The van der Waals surface area contributed by atoms with Crippen molar-refractivity contribution in [2.24, 2.45) is 0 Å². The van der Waals surface area contributed by atoms with Gasteiger partial charge in [-0.3, -0.25) is 14.9 Å². The van der Waals surface area contributed by atoms with Crippen LogP contribution >= 0.6 is 11.6 Å². The number of carbonyl (C=O) groups excluding carboxylic acids is 2. The molecule has 1 amide bonds. The van der Waals surface area contributed by atoms with Crippen LogP contribution in [0.3, 0.4) is 0 Å². The van der Waals surface area contributed by atoms with E-state index in [2.05, 4.69) is 5.32 Å². The molecular weight excluding hydrogens is 372 g/mol. The number of nitro benzene ring substituents is 1. The van der Waals surface area contributed by atoms with Crippen molar-refractivity contribution in [1.82, 2.24) is 5.32 Å². The summed E-state index contributed by atoms with van der Waals surface area (Å²) in [7, 11) is 0. The fourth-order valence-corrected chi connectivity index (χ4v) is 4.00. The van der Waals surface area contributed by atoms with Crippen LogP contribution in [0.4, 0.5) is 5.69 Å². The molecule has 27 heavy (non-hydrogen) atoms. The van der Waals surface area contributed by atoms with E-state index in [0.717, 1.165) is 32.1 Å². The second kappa shape index (κ2) is 8.08. The molecule has 8 heteroatoms. The zero-order chi connectivity index (χ0) is 19.6. The summed E-state index contributed by atoms with van der Waals surface area (Å²) in [5.41, 5.74) is 0.955. The van der Waals surface area contributed by atoms with Gasteiger partial charge in [0.2, 0.25) is 5.91 Å². The Morgan fingerprint density at radius 1 is 1.30 bits per heavy atom. The molecule has 0 unspecified atom stereocenters. The third kappa shape index (κ3) is 4.30. The van der Waals surface area contributed by atoms with Gasteiger partial charge in [0, 0.05) is 35.2 Å². The summed E-state index contributed by atoms with van der Waals surface area (Å²) < 4.78 is 5.68. The van der Waals surface area contributed by atoms with E-state index in [1.807, 2.05) is 0 Å². The van der Waals surface area contributed by atoms with Crippen LogP contribution in [0, 0.1) is 10.1 Å². The SMILES string of the molecule is CC1=C(C(=O)OC2CCCCC2)[C@@H](c2cc([N+](=O)[O-])ccc2Cl)CC(=O)N1. The first kappa shape index (κ1) is 19.4. The van der Waals surface area contributed by atoms with Crippen LogP contribution in [0.1, 0.15) is 56.9 Å². The quantitative estimate of drug-likeness (QED) is 0.474. The largest absolute Gasteiger partial charge is 0.459 e. The number of allylic oxidation sites excluding steroid dienone is 1. The molecule has 1 aliphatic carbocycles. The van der Waals surface area contributed by atoms with Crippen molar-refractivity contribution in [2.45, 2.75) is 57.5 Å². The van der Waals surface area contributed by atoms with Gasteiger partial charge in [-0.2, -0.15) is 0 Å². The zero-order valence-electron chi connectivity index (χ0n) is 15.0. The summed E-state index contributed by atoms with van der Waals surface area (Å²) >= 11 is 6.26. The summed E-state index contributed by atoms with van der Waals surface area (Å²) in [4.78, 5) is 35.6. The Labute approximate surface area is 161 Å². The van der Waals surface area contributed by atoms with Gasteiger partial charge in [0.05, 0.1) is 10.5 Å². The van der Waals surface area contributed by atoms with Crippen LogP contribution < -0.4 is 5.32 Å². The van der Waals surface area contributed by atoms with Gasteiger partial charge in [-0.25, -0.2) is 4.79 Å². The molecular formula is C19H21ClN2O5. The van der Waals surface area contributed by atoms with Crippen LogP contribution in [-0.4, -0.2) is 22.9 Å². The van der Waals surface area contributed by atoms with Crippen molar-refractivity contribution in [2.75, 3.05) is 0 Å². The fourth-order valence-electron chi connectivity index (χ4n) is 3.75. The standard InChI is InChI=1S/C19H21ClN2O5/c1-11-18(19(24)27-13-5-3-2-4-6-13)15(10-17(23)21-11)14-9-12(22(25)26)7-8-16(14)20/h7-9,13,15H,2-6,10H2,1H3,(H,21,23)/t15-/m1/s1. The number of ether oxygens (including phenoxy) is 1. The van der Waals surface area contributed by atoms with Crippen LogP contribution in [0.5, 0.6) is 0 Å². The van der Waals surface area contributed by atoms with E-state index < -0.39 is 16.8 Å². The third-order valence-electron chi connectivity index (χ3n) is 5.08. The van der Waals surface area contributed by atoms with E-state index in [1.54, 1.807) is 6.92 Å². The van der Waals surface area contributed by atoms with Crippen molar-refractivity contribution in [3.8, 4) is 0 Å². The van der Waals surface area contributed by atoms with E-state index in [9.17, 15) is 19.7 Å². The summed E-state index contributed by atoms with van der Waals surface area (Å²) in [5.74, 6) is -1.44. The van der Waals surface area contributed by atoms with Crippen molar-refractivity contribution in [1.29, 1.82) is 0 Å². The van der Waals surface area contributed by atoms with Crippen molar-refractivity contribution in [3.05, 3.63) is 50.2 Å². The van der Waals surface area contributed by atoms with E-state index >= 15 is 0 Å². The molecule has 1 aromatic carbocycles. The second-order valence-corrected chi connectivity index (χ2v) is 7.38. The second-order valence-electron chi connectivity index (χ2n) is 6.97. The summed E-state index contributed by atoms with van der Waals surface area (Å²) in [5, 5.41) is 14.1. The zero-order valence-corrected chi connectivity index (χ0v) is 15.8. The van der Waals surface area contributed by atoms with Gasteiger partial charge in [-0.15, -0.1) is 0 Å². The lowest BCUT2D eigenvalue weighted by Gasteiger charge is -2.29. The Hall–Kier alpha value is -2.41. The number of rotatable bonds is 4. The Balaban J connectivity index is 1.95. The minimum Gasteiger partial charge on any atom is -0.459 e. The van der Waals surface area contributed by atoms with Crippen LogP contribution in [0.15, 0.2) is 29.5 Å². The molecule has 1 aromatic rings. The van der Waals surface area contributed by atoms with Gasteiger partial charge in [0.1, 0.15) is 6.10 Å². The van der Waals surface area contributed by atoms with Crippen LogP contribution in [0.2, 0.25) is 5.02 Å². The molecule has 0 bridgehead atoms. The Kier molecular flexibility index (Phi) is 5.79. The fraction of sp³-hybridized carbons (Fsp3) is 0.474. The topological polar surface area (TPSA) is 98.5 Å². The van der Waals surface area contributed by atoms with E-state index in [1.165, 1.54) is 18.2 Å². The molecule has 1 N–H and O–H groups in total. The lowest BCUT2D eigenvalue weighted by atomic mass is 9.84. The van der Waals surface area contributed by atoms with E-state index in [-0.39, 0.29) is 29.1 Å². The number of nitrogens with one attached hydrogen (secondary N) is 1. The molecule has 0 radical (unpaired) electrons. The highest BCUT2D eigenvalue weighted by Gasteiger charge is 2.35. The van der Waals surface area contributed by atoms with E-state index in [0.29, 0.717) is 16.8 Å². The maximum atomic E-state index is 12.9. The Morgan fingerprint density at radius 2 is 2.00 bits per heavy atom. The number of nitrogens with zero attached hydrogens (tertiary/aromatic N) is 1. The first-order valence-electron chi connectivity index (χ1n) is 9.02. The number of hydrogen-bond acceptors (Lipinski definition) is 5. The highest BCUT2D eigenvalue weighted by atomic mass is 35.5. The highest BCUT2D eigenvalue weighted by Crippen LogP contribution is 2.39. The van der Waals surface area contributed by atoms with Gasteiger partial charge in [0.15, 0.2) is 0 Å². The lowest BCUT2D eigenvalue weighted by molar-refractivity contribution is -0.384. The lowest BCUT2D eigenvalue weighted by Crippen LogP contribution is -2.35. The maximum absolute atomic E-state index is 12.9. The molecule has 3 rings (SSSR count). The minimum atomic E-state index is -0.678. The van der Waals surface area contributed by atoms with Crippen molar-refractivity contribution >= 4 is 29.2 Å². The normalized spacial score (nSPS) is 21.0. The number of esters is 1. The van der Waals surface area contributed by atoms with Gasteiger partial charge >= 0.3 is 5.97 Å². The molecule has 0 saturated heterocycles. The molecule has 1 fully saturated rings. The Morgan fingerprint density at radius 3 is 2.67 bits per heavy atom. The first-order valence-corrected chi connectivity index (χ1v) is 9.40. The number of carbonyl (C=O) groups is 2. The van der Waals surface area contributed by atoms with Gasteiger partial charge in [-0.05, 0) is 44.2 Å². The van der Waals surface area contributed by atoms with Crippen LogP contribution in [0.25, 0.3) is 0 Å². The predicted octanol–water partition coefficient (Wildman–Crippen LogP) is 4.00. The molecule has 1 atom stereocenters. The molecule has 1 aliphatic heterocycles. The number of hydrogen-bond donors (Lipinski definition) is 1. The average molecular weight is 393 g/mol. The minimum absolute atomic E-state index is 0.0205. The van der Waals surface area contributed by atoms with Gasteiger partial charge in [0.25, 0.3) is 5.69 Å². The number of non-ortho nitro benzene ring substituents is 1. The average Bonchev–Trinajstić information content (AvgIpc) is 2.62. The summed E-state index contributed by atoms with van der Waals surface area (Å²) in [6, 6.07) is 4.04. The number of amides is 1. The number of halogens is 1. The first-order chi connectivity index (χ1) is 12.9. The van der Waals surface area contributed by atoms with Crippen molar-refractivity contribution < 1.29 is 19.2 Å². The van der Waals surface area contributed by atoms with Crippen molar-refractivity contribution in [3.63, 3.8) is 0 Å². The molecule has 7 nitrogen and oxygen atoms in total. The maximum Gasteiger partial charge on any atom is 0.336 e. The molecule has 1 saturated carbocycles. The molecule has 2 aliphatic rings. The number of nitro groups is 1. The summed E-state index contributed by atoms with van der Waals surface area (Å²) in [6.45, 7) is 1.63. The highest BCUT2D eigenvalue weighted by molar-refractivity contribution is 6.31.